The fourth-order valence-electron chi connectivity index (χ4n) is 3.19. The van der Waals surface area contributed by atoms with Crippen molar-refractivity contribution in [3.05, 3.63) is 0 Å². The van der Waals surface area contributed by atoms with Gasteiger partial charge in [-0.2, -0.15) is 0 Å². The van der Waals surface area contributed by atoms with Crippen LogP contribution in [0.3, 0.4) is 0 Å². The standard InChI is InChI=1S/C18H38N2O2/c1-3-5-7-10-14-18(17(21)22,13-6-4-2)16(20)12-9-8-11-15-19/h16H,3-15,19-20H2,1-2H3,(H,21,22). The minimum Gasteiger partial charge on any atom is -0.481 e. The molecule has 0 radical (unpaired) electrons. The number of aliphatic carboxylic acids is 1. The van der Waals surface area contributed by atoms with Gasteiger partial charge in [0.15, 0.2) is 0 Å². The molecule has 0 bridgehead atoms. The molecule has 132 valence electrons. The minimum atomic E-state index is -0.730. The predicted molar refractivity (Wildman–Crippen MR) is 93.9 cm³/mol. The lowest BCUT2D eigenvalue weighted by Gasteiger charge is -2.35. The zero-order valence-corrected chi connectivity index (χ0v) is 14.8. The van der Waals surface area contributed by atoms with Crippen molar-refractivity contribution in [1.82, 2.24) is 0 Å². The van der Waals surface area contributed by atoms with Gasteiger partial charge in [-0.25, -0.2) is 0 Å². The van der Waals surface area contributed by atoms with Crippen molar-refractivity contribution in [2.45, 2.75) is 96.9 Å². The maximum atomic E-state index is 12.0. The number of nitrogens with two attached hydrogens (primary N) is 2. The van der Waals surface area contributed by atoms with Crippen LogP contribution in [0.15, 0.2) is 0 Å². The summed E-state index contributed by atoms with van der Waals surface area (Å²) in [6.45, 7) is 4.98. The molecule has 4 heteroatoms. The number of hydrogen-bond donors (Lipinski definition) is 3. The smallest absolute Gasteiger partial charge is 0.311 e. The molecule has 0 fully saturated rings. The normalized spacial score (nSPS) is 15.5. The van der Waals surface area contributed by atoms with E-state index in [0.717, 1.165) is 57.8 Å². The molecular formula is C18H38N2O2. The van der Waals surface area contributed by atoms with Crippen molar-refractivity contribution in [2.24, 2.45) is 16.9 Å². The first kappa shape index (κ1) is 21.4. The fourth-order valence-corrected chi connectivity index (χ4v) is 3.19. The molecule has 2 atom stereocenters. The van der Waals surface area contributed by atoms with E-state index in [-0.39, 0.29) is 6.04 Å². The summed E-state index contributed by atoms with van der Waals surface area (Å²) in [7, 11) is 0. The molecule has 0 aliphatic carbocycles. The molecule has 0 spiro atoms. The lowest BCUT2D eigenvalue weighted by Crippen LogP contribution is -2.47. The van der Waals surface area contributed by atoms with Crippen LogP contribution in [0.5, 0.6) is 0 Å². The van der Waals surface area contributed by atoms with E-state index >= 15 is 0 Å². The van der Waals surface area contributed by atoms with Gasteiger partial charge in [0.1, 0.15) is 0 Å². The SMILES string of the molecule is CCCCCCC(CCCC)(C(=O)O)C(N)CCCCCN. The van der Waals surface area contributed by atoms with Crippen molar-refractivity contribution in [3.8, 4) is 0 Å². The van der Waals surface area contributed by atoms with Crippen molar-refractivity contribution in [3.63, 3.8) is 0 Å². The average Bonchev–Trinajstić information content (AvgIpc) is 2.50. The Balaban J connectivity index is 4.72. The van der Waals surface area contributed by atoms with Gasteiger partial charge in [0.2, 0.25) is 0 Å². The molecule has 0 amide bonds. The van der Waals surface area contributed by atoms with E-state index in [0.29, 0.717) is 13.0 Å². The molecule has 0 rings (SSSR count). The molecular weight excluding hydrogens is 276 g/mol. The summed E-state index contributed by atoms with van der Waals surface area (Å²) in [6.07, 6.45) is 11.6. The van der Waals surface area contributed by atoms with E-state index in [9.17, 15) is 9.90 Å². The van der Waals surface area contributed by atoms with Gasteiger partial charge in [-0.1, -0.05) is 65.2 Å². The molecule has 0 aliphatic rings. The molecule has 0 saturated heterocycles. The summed E-state index contributed by atoms with van der Waals surface area (Å²) in [6, 6.07) is -0.240. The second-order valence-electron chi connectivity index (χ2n) is 6.62. The maximum absolute atomic E-state index is 12.0. The van der Waals surface area contributed by atoms with Crippen LogP contribution in [-0.4, -0.2) is 23.7 Å². The van der Waals surface area contributed by atoms with E-state index in [4.69, 9.17) is 11.5 Å². The summed E-state index contributed by atoms with van der Waals surface area (Å²) in [5.41, 5.74) is 11.2. The molecule has 4 nitrogen and oxygen atoms in total. The Morgan fingerprint density at radius 3 is 2.09 bits per heavy atom. The van der Waals surface area contributed by atoms with Crippen LogP contribution in [0.25, 0.3) is 0 Å². The Morgan fingerprint density at radius 1 is 0.955 bits per heavy atom. The van der Waals surface area contributed by atoms with Crippen molar-refractivity contribution in [1.29, 1.82) is 0 Å². The number of carboxylic acid groups (broad SMARTS) is 1. The molecule has 0 aliphatic heterocycles. The first-order valence-corrected chi connectivity index (χ1v) is 9.24. The lowest BCUT2D eigenvalue weighted by molar-refractivity contribution is -0.152. The van der Waals surface area contributed by atoms with Gasteiger partial charge >= 0.3 is 5.97 Å². The summed E-state index contributed by atoms with van der Waals surface area (Å²) in [5.74, 6) is -0.691. The van der Waals surface area contributed by atoms with Crippen LogP contribution < -0.4 is 11.5 Å². The van der Waals surface area contributed by atoms with Gasteiger partial charge in [0.05, 0.1) is 5.41 Å². The molecule has 0 heterocycles. The third-order valence-electron chi connectivity index (χ3n) is 4.81. The summed E-state index contributed by atoms with van der Waals surface area (Å²) in [5, 5.41) is 9.88. The van der Waals surface area contributed by atoms with E-state index in [1.807, 2.05) is 0 Å². The van der Waals surface area contributed by atoms with Gasteiger partial charge in [0.25, 0.3) is 0 Å². The van der Waals surface area contributed by atoms with Crippen LogP contribution in [-0.2, 0) is 4.79 Å². The maximum Gasteiger partial charge on any atom is 0.311 e. The first-order chi connectivity index (χ1) is 10.5. The number of unbranched alkanes of at least 4 members (excludes halogenated alkanes) is 6. The second-order valence-corrected chi connectivity index (χ2v) is 6.62. The molecule has 0 saturated carbocycles. The summed E-state index contributed by atoms with van der Waals surface area (Å²) < 4.78 is 0. The van der Waals surface area contributed by atoms with Crippen molar-refractivity contribution in [2.75, 3.05) is 6.54 Å². The quantitative estimate of drug-likeness (QED) is 0.398. The lowest BCUT2D eigenvalue weighted by atomic mass is 9.71. The molecule has 0 aromatic heterocycles. The molecule has 0 aromatic rings. The van der Waals surface area contributed by atoms with Gasteiger partial charge in [0, 0.05) is 6.04 Å². The van der Waals surface area contributed by atoms with Gasteiger partial charge in [-0.3, -0.25) is 4.79 Å². The van der Waals surface area contributed by atoms with Gasteiger partial charge in [-0.15, -0.1) is 0 Å². The zero-order chi connectivity index (χ0) is 16.8. The largest absolute Gasteiger partial charge is 0.481 e. The van der Waals surface area contributed by atoms with Crippen LogP contribution in [0.2, 0.25) is 0 Å². The predicted octanol–water partition coefficient (Wildman–Crippen LogP) is 4.06. The Morgan fingerprint density at radius 2 is 1.55 bits per heavy atom. The van der Waals surface area contributed by atoms with Gasteiger partial charge < -0.3 is 16.6 Å². The number of hydrogen-bond acceptors (Lipinski definition) is 3. The number of rotatable bonds is 15. The highest BCUT2D eigenvalue weighted by molar-refractivity contribution is 5.75. The van der Waals surface area contributed by atoms with Crippen LogP contribution in [0.1, 0.15) is 90.9 Å². The monoisotopic (exact) mass is 314 g/mol. The highest BCUT2D eigenvalue weighted by atomic mass is 16.4. The summed E-state index contributed by atoms with van der Waals surface area (Å²) >= 11 is 0. The second kappa shape index (κ2) is 12.9. The van der Waals surface area contributed by atoms with E-state index in [2.05, 4.69) is 13.8 Å². The van der Waals surface area contributed by atoms with Gasteiger partial charge in [-0.05, 0) is 32.2 Å². The fraction of sp³-hybridized carbons (Fsp3) is 0.944. The molecule has 0 aromatic carbocycles. The molecule has 22 heavy (non-hydrogen) atoms. The summed E-state index contributed by atoms with van der Waals surface area (Å²) in [4.78, 5) is 12.0. The Labute approximate surface area is 137 Å². The van der Waals surface area contributed by atoms with Crippen LogP contribution >= 0.6 is 0 Å². The topological polar surface area (TPSA) is 89.3 Å². The van der Waals surface area contributed by atoms with E-state index in [1.54, 1.807) is 0 Å². The zero-order valence-electron chi connectivity index (χ0n) is 14.8. The van der Waals surface area contributed by atoms with Crippen LogP contribution in [0.4, 0.5) is 0 Å². The van der Waals surface area contributed by atoms with Crippen molar-refractivity contribution >= 4 is 5.97 Å². The highest BCUT2D eigenvalue weighted by Gasteiger charge is 2.42. The number of carboxylic acids is 1. The average molecular weight is 315 g/mol. The molecule has 5 N–H and O–H groups in total. The molecule has 2 unspecified atom stereocenters. The van der Waals surface area contributed by atoms with Crippen molar-refractivity contribution < 1.29 is 9.90 Å². The Hall–Kier alpha value is -0.610. The van der Waals surface area contributed by atoms with Crippen LogP contribution in [0, 0.1) is 5.41 Å². The highest BCUT2D eigenvalue weighted by Crippen LogP contribution is 2.36. The minimum absolute atomic E-state index is 0.240. The number of carbonyl (C=O) groups is 1. The third kappa shape index (κ3) is 7.59. The first-order valence-electron chi connectivity index (χ1n) is 9.24. The Kier molecular flexibility index (Phi) is 12.5. The van der Waals surface area contributed by atoms with E-state index < -0.39 is 11.4 Å². The third-order valence-corrected chi connectivity index (χ3v) is 4.81. The van der Waals surface area contributed by atoms with E-state index in [1.165, 1.54) is 12.8 Å². The Bertz CT molecular complexity index is 284.